The number of esters is 5. The number of fused-ring (bicyclic) bond motifs is 7. The van der Waals surface area contributed by atoms with Crippen molar-refractivity contribution in [3.63, 3.8) is 0 Å². The Morgan fingerprint density at radius 3 is 1.34 bits per heavy atom. The maximum absolute atomic E-state index is 15.3. The highest BCUT2D eigenvalue weighted by molar-refractivity contribution is 6.10. The topological polar surface area (TPSA) is 566 Å². The van der Waals surface area contributed by atoms with E-state index in [1.807, 2.05) is 0 Å². The predicted molar refractivity (Wildman–Crippen MR) is 280 cm³/mol. The third-order valence-corrected chi connectivity index (χ3v) is 14.4. The molecule has 0 radical (unpaired) electrons. The SMILES string of the molecule is O=C(OC1COC(=O)c2cc(O)c(O)c(O)c2-c2c(cc(O)c(O)c2O)C(=O)OC1C1OC(=O)c2cc(O)c(O)c(O)c2-c2c(cc(O)c(O)c2O)C(=O)OC1C(O)c1c(O)cc(O)c2c1OC(c1ccc(O)c(O)c1)C(O)C2)c1cc(O)c(O)c(O)c1. The number of hydrogen-bond donors (Lipinski definition) is 21. The number of aromatic hydroxyl groups is 19. The highest BCUT2D eigenvalue weighted by atomic mass is 16.6. The second-order valence-electron chi connectivity index (χ2n) is 19.7. The second kappa shape index (κ2) is 21.5. The standard InChI is InChI=1S/C56H42O32/c57-20-2-1-13(3-22(20)59)47-30(67)6-15-21(58)11-23(60)36(48(15)85-47)46(77)50-51(88-56(82)19-10-29(66)41(72)45(76)35(19)34-18(55(81)87-50)9-28(65)40(71)44(34)75)49-31(84-52(78)14-4-24(61)37(68)25(62)5-14)12-83-53(79)16-7-26(63)38(69)42(73)32(16)33-17(54(80)86-49)8-27(64)39(70)43(33)74/h1-5,7-11,30-31,46-47,49-51,57-77H,6,12H2. The molecule has 0 aromatic heterocycles. The molecule has 7 aromatic rings. The van der Waals surface area contributed by atoms with E-state index < -0.39 is 262 Å². The number of carbonyl (C=O) groups is 5. The smallest absolute Gasteiger partial charge is 0.339 e. The summed E-state index contributed by atoms with van der Waals surface area (Å²) in [6, 6.07) is 5.54. The quantitative estimate of drug-likeness (QED) is 0.0646. The number of ether oxygens (including phenoxy) is 6. The minimum absolute atomic E-state index is 0.158. The van der Waals surface area contributed by atoms with Crippen molar-refractivity contribution in [2.24, 2.45) is 0 Å². The molecule has 7 atom stereocenters. The fraction of sp³-hybridized carbons (Fsp3) is 0.161. The Morgan fingerprint density at radius 1 is 0.443 bits per heavy atom. The first-order valence-electron chi connectivity index (χ1n) is 24.9. The number of hydrogen-bond acceptors (Lipinski definition) is 32. The van der Waals surface area contributed by atoms with Crippen molar-refractivity contribution in [1.82, 2.24) is 0 Å². The van der Waals surface area contributed by atoms with Crippen LogP contribution in [-0.4, -0.2) is 174 Å². The molecule has 21 N–H and O–H groups in total. The average molecular weight is 1230 g/mol. The van der Waals surface area contributed by atoms with Gasteiger partial charge in [0.05, 0.1) is 39.5 Å². The molecule has 88 heavy (non-hydrogen) atoms. The monoisotopic (exact) mass is 1230 g/mol. The van der Waals surface area contributed by atoms with Gasteiger partial charge in [0.2, 0.25) is 23.0 Å². The van der Waals surface area contributed by atoms with Crippen LogP contribution in [0.15, 0.2) is 60.7 Å². The zero-order valence-electron chi connectivity index (χ0n) is 43.6. The first-order valence-corrected chi connectivity index (χ1v) is 24.9. The Morgan fingerprint density at radius 2 is 0.875 bits per heavy atom. The first-order chi connectivity index (χ1) is 41.4. The Hall–Kier alpha value is -12.2. The Bertz CT molecular complexity index is 4170. The van der Waals surface area contributed by atoms with Gasteiger partial charge in [-0.25, -0.2) is 24.0 Å². The lowest BCUT2D eigenvalue weighted by atomic mass is 9.87. The molecule has 3 aliphatic heterocycles. The summed E-state index contributed by atoms with van der Waals surface area (Å²) in [6.07, 6.45) is -19.5. The fourth-order valence-corrected chi connectivity index (χ4v) is 10.1. The van der Waals surface area contributed by atoms with Crippen LogP contribution < -0.4 is 4.74 Å². The van der Waals surface area contributed by atoms with Gasteiger partial charge in [-0.2, -0.15) is 0 Å². The van der Waals surface area contributed by atoms with Crippen LogP contribution in [0.3, 0.4) is 0 Å². The summed E-state index contributed by atoms with van der Waals surface area (Å²) in [5, 5.41) is 231. The zero-order chi connectivity index (χ0) is 64.1. The lowest BCUT2D eigenvalue weighted by molar-refractivity contribution is -0.152. The number of phenols is 19. The fourth-order valence-electron chi connectivity index (χ4n) is 10.1. The largest absolute Gasteiger partial charge is 0.507 e. The zero-order valence-corrected chi connectivity index (χ0v) is 43.6. The van der Waals surface area contributed by atoms with Gasteiger partial charge in [-0.3, -0.25) is 0 Å². The van der Waals surface area contributed by atoms with Crippen molar-refractivity contribution in [1.29, 1.82) is 0 Å². The van der Waals surface area contributed by atoms with Crippen LogP contribution in [0.25, 0.3) is 22.3 Å². The maximum atomic E-state index is 15.3. The van der Waals surface area contributed by atoms with Gasteiger partial charge >= 0.3 is 29.8 Å². The number of rotatable bonds is 6. The lowest BCUT2D eigenvalue weighted by Gasteiger charge is -2.39. The molecule has 458 valence electrons. The van der Waals surface area contributed by atoms with E-state index in [4.69, 9.17) is 28.4 Å². The van der Waals surface area contributed by atoms with Crippen LogP contribution in [0.2, 0.25) is 0 Å². The van der Waals surface area contributed by atoms with Crippen LogP contribution in [0.4, 0.5) is 0 Å². The Kier molecular flexibility index (Phi) is 14.4. The van der Waals surface area contributed by atoms with Crippen LogP contribution in [0, 0.1) is 0 Å². The van der Waals surface area contributed by atoms with E-state index in [0.29, 0.717) is 30.3 Å². The Balaban J connectivity index is 1.28. The van der Waals surface area contributed by atoms with E-state index in [2.05, 4.69) is 0 Å². The normalized spacial score (nSPS) is 19.4. The maximum Gasteiger partial charge on any atom is 0.339 e. The molecule has 7 unspecified atom stereocenters. The minimum atomic E-state index is -3.18. The van der Waals surface area contributed by atoms with Crippen molar-refractivity contribution in [2.75, 3.05) is 6.61 Å². The van der Waals surface area contributed by atoms with Gasteiger partial charge in [0.1, 0.15) is 36.1 Å². The van der Waals surface area contributed by atoms with Gasteiger partial charge in [-0.1, -0.05) is 6.07 Å². The molecule has 0 bridgehead atoms. The summed E-state index contributed by atoms with van der Waals surface area (Å²) < 4.78 is 34.9. The second-order valence-corrected chi connectivity index (χ2v) is 19.7. The molecule has 10 rings (SSSR count). The number of aliphatic hydroxyl groups is 2. The number of aliphatic hydroxyl groups excluding tert-OH is 2. The number of carbonyl (C=O) groups excluding carboxylic acids is 5. The van der Waals surface area contributed by atoms with Gasteiger partial charge in [0.15, 0.2) is 99.2 Å². The minimum Gasteiger partial charge on any atom is -0.507 e. The molecule has 0 aliphatic carbocycles. The molecule has 0 fully saturated rings. The van der Waals surface area contributed by atoms with E-state index in [1.54, 1.807) is 0 Å². The highest BCUT2D eigenvalue weighted by Gasteiger charge is 2.52. The summed E-state index contributed by atoms with van der Waals surface area (Å²) in [5.74, 6) is -36.3. The summed E-state index contributed by atoms with van der Waals surface area (Å²) in [4.78, 5) is 74.6. The number of benzene rings is 7. The molecule has 0 saturated carbocycles. The van der Waals surface area contributed by atoms with Crippen LogP contribution in [0.1, 0.15) is 80.7 Å². The van der Waals surface area contributed by atoms with E-state index in [9.17, 15) is 117 Å². The average Bonchev–Trinajstić information content (AvgIpc) is 1.15. The predicted octanol–water partition coefficient (Wildman–Crippen LogP) is 2.88. The van der Waals surface area contributed by atoms with Crippen molar-refractivity contribution in [3.8, 4) is 137 Å². The molecular weight excluding hydrogens is 1180 g/mol. The van der Waals surface area contributed by atoms with Crippen molar-refractivity contribution < 1.29 is 160 Å². The van der Waals surface area contributed by atoms with Crippen LogP contribution in [0.5, 0.6) is 115 Å². The van der Waals surface area contributed by atoms with Gasteiger partial charge < -0.3 is 136 Å². The third-order valence-electron chi connectivity index (χ3n) is 14.4. The van der Waals surface area contributed by atoms with Gasteiger partial charge in [-0.05, 0) is 54.1 Å². The summed E-state index contributed by atoms with van der Waals surface area (Å²) in [5.41, 5.74) is -12.9. The number of cyclic esters (lactones) is 4. The lowest BCUT2D eigenvalue weighted by Crippen LogP contribution is -2.55. The summed E-state index contributed by atoms with van der Waals surface area (Å²) >= 11 is 0. The van der Waals surface area contributed by atoms with Crippen LogP contribution >= 0.6 is 0 Å². The molecule has 3 aliphatic rings. The van der Waals surface area contributed by atoms with Gasteiger partial charge in [0, 0.05) is 40.3 Å². The highest BCUT2D eigenvalue weighted by Crippen LogP contribution is 2.57. The van der Waals surface area contributed by atoms with E-state index in [0.717, 1.165) is 18.2 Å². The Labute approximate surface area is 486 Å². The van der Waals surface area contributed by atoms with Crippen molar-refractivity contribution >= 4 is 29.8 Å². The van der Waals surface area contributed by atoms with Crippen molar-refractivity contribution in [3.05, 3.63) is 105 Å². The summed E-state index contributed by atoms with van der Waals surface area (Å²) in [6.45, 7) is -1.69. The van der Waals surface area contributed by atoms with E-state index in [-0.39, 0.29) is 17.7 Å². The first kappa shape index (κ1) is 59.0. The number of phenolic OH excluding ortho intramolecular Hbond substituents is 19. The molecule has 32 heteroatoms. The van der Waals surface area contributed by atoms with Crippen LogP contribution in [-0.2, 0) is 30.1 Å². The van der Waals surface area contributed by atoms with Gasteiger partial charge in [0.25, 0.3) is 0 Å². The molecule has 0 spiro atoms. The third kappa shape index (κ3) is 9.61. The summed E-state index contributed by atoms with van der Waals surface area (Å²) in [7, 11) is 0. The van der Waals surface area contributed by atoms with Gasteiger partial charge in [-0.15, -0.1) is 0 Å². The van der Waals surface area contributed by atoms with Crippen molar-refractivity contribution in [2.45, 2.75) is 49.1 Å². The molecule has 7 aromatic carbocycles. The van der Waals surface area contributed by atoms with E-state index in [1.165, 1.54) is 0 Å². The molecular formula is C56H42O32. The van der Waals surface area contributed by atoms with E-state index >= 15 is 14.4 Å². The molecule has 3 heterocycles. The molecule has 32 nitrogen and oxygen atoms in total. The molecule has 0 amide bonds. The molecule has 0 saturated heterocycles.